The third kappa shape index (κ3) is 14.9. The van der Waals surface area contributed by atoms with Crippen molar-refractivity contribution in [3.63, 3.8) is 0 Å². The fraction of sp³-hybridized carbons (Fsp3) is 0.481. The molecule has 4 aliphatic rings. The van der Waals surface area contributed by atoms with E-state index in [1.807, 2.05) is 0 Å². The molecule has 446 valence electrons. The second-order valence-electron chi connectivity index (χ2n) is 19.9. The SMILES string of the molecule is CCOC(=O)N1CCN(C(=O)C(CCC(=O)O)NC(=O)c2cc(OC3(C(=O)O)CCC3)c3cc(F)c(Cl)cc3n2)CC1.CCOC(=O)N1CCN(C(=O)C(CCC(=O)O)NC(=O)c2cc(OC3(C(=O)O)CCC3)c3cc(F)ccc3n2)CC1. The molecule has 2 aromatic heterocycles. The van der Waals surface area contributed by atoms with Crippen LogP contribution in [0.3, 0.4) is 0 Å². The van der Waals surface area contributed by atoms with Gasteiger partial charge in [-0.15, -0.1) is 0 Å². The van der Waals surface area contributed by atoms with Gasteiger partial charge in [0, 0.05) is 88.1 Å². The maximum Gasteiger partial charge on any atom is 0.409 e. The van der Waals surface area contributed by atoms with Crippen molar-refractivity contribution in [3.8, 4) is 11.5 Å². The van der Waals surface area contributed by atoms with Crippen molar-refractivity contribution in [2.24, 2.45) is 0 Å². The molecule has 8 rings (SSSR count). The molecule has 4 fully saturated rings. The van der Waals surface area contributed by atoms with Crippen LogP contribution in [0, 0.1) is 11.6 Å². The average molecular weight is 1180 g/mol. The Morgan fingerprint density at radius 3 is 1.35 bits per heavy atom. The second kappa shape index (κ2) is 26.9. The highest BCUT2D eigenvalue weighted by Crippen LogP contribution is 2.41. The number of pyridine rings is 2. The summed E-state index contributed by atoms with van der Waals surface area (Å²) in [5.41, 5.74) is -3.35. The molecule has 2 aliphatic carbocycles. The summed E-state index contributed by atoms with van der Waals surface area (Å²) in [6, 6.07) is 5.65. The minimum atomic E-state index is -1.55. The maximum absolute atomic E-state index is 14.3. The molecule has 2 aliphatic heterocycles. The molecule has 2 saturated heterocycles. The van der Waals surface area contributed by atoms with Crippen molar-refractivity contribution in [2.75, 3.05) is 65.6 Å². The Labute approximate surface area is 476 Å². The summed E-state index contributed by atoms with van der Waals surface area (Å²) in [4.78, 5) is 138. The molecule has 0 spiro atoms. The third-order valence-electron chi connectivity index (χ3n) is 14.5. The lowest BCUT2D eigenvalue weighted by molar-refractivity contribution is -0.163. The molecule has 6 N–H and O–H groups in total. The number of carbonyl (C=O) groups excluding carboxylic acids is 6. The molecule has 4 heterocycles. The molecule has 0 radical (unpaired) electrons. The highest BCUT2D eigenvalue weighted by molar-refractivity contribution is 6.31. The molecule has 2 aromatic carbocycles. The molecule has 4 aromatic rings. The van der Waals surface area contributed by atoms with E-state index in [0.29, 0.717) is 12.8 Å². The van der Waals surface area contributed by atoms with Gasteiger partial charge in [0.2, 0.25) is 23.0 Å². The molecule has 0 bridgehead atoms. The molecule has 2 saturated carbocycles. The van der Waals surface area contributed by atoms with Crippen molar-refractivity contribution in [1.29, 1.82) is 0 Å². The van der Waals surface area contributed by atoms with Gasteiger partial charge in [-0.05, 0) is 95.5 Å². The number of amides is 6. The van der Waals surface area contributed by atoms with Gasteiger partial charge in [0.15, 0.2) is 0 Å². The molecule has 6 amide bonds. The Bertz CT molecular complexity index is 3180. The van der Waals surface area contributed by atoms with E-state index in [9.17, 15) is 77.2 Å². The normalized spacial score (nSPS) is 16.8. The fourth-order valence-electron chi connectivity index (χ4n) is 9.50. The number of nitrogens with one attached hydrogen (secondary N) is 2. The van der Waals surface area contributed by atoms with Gasteiger partial charge in [0.25, 0.3) is 11.8 Å². The number of benzene rings is 2. The van der Waals surface area contributed by atoms with Gasteiger partial charge in [-0.25, -0.2) is 37.9 Å². The van der Waals surface area contributed by atoms with E-state index < -0.39 is 107 Å². The van der Waals surface area contributed by atoms with Crippen molar-refractivity contribution < 1.29 is 96.1 Å². The van der Waals surface area contributed by atoms with E-state index >= 15 is 0 Å². The molecule has 2 atom stereocenters. The Kier molecular flexibility index (Phi) is 20.1. The molecular formula is C54H61ClF2N8O18. The standard InChI is InChI=1S/C27H30ClFN4O9.C27H31FN4O9/c1-2-41-26(40)33-10-8-32(9-11-33)24(37)18(4-5-22(34)35)31-23(36)20-14-21(42-27(25(38)39)6-3-7-27)15-12-17(29)16(28)13-19(15)30-20;1-2-40-26(39)32-12-10-31(11-13-32)24(36)19(6-7-22(33)34)30-23(35)20-15-21(41-27(25(37)38)8-3-9-27)17-14-16(28)4-5-18(17)29-20/h12-14,18H,2-11H2,1H3,(H,31,36)(H,34,35)(H,38,39);4-5,14-15,19H,2-3,6-13H2,1H3,(H,30,35)(H,33,34)(H,37,38). The van der Waals surface area contributed by atoms with E-state index in [1.165, 1.54) is 37.8 Å². The highest BCUT2D eigenvalue weighted by atomic mass is 35.5. The van der Waals surface area contributed by atoms with Crippen LogP contribution in [0.2, 0.25) is 5.02 Å². The van der Waals surface area contributed by atoms with E-state index in [4.69, 9.17) is 30.5 Å². The second-order valence-corrected chi connectivity index (χ2v) is 20.3. The van der Waals surface area contributed by atoms with Crippen LogP contribution in [0.5, 0.6) is 11.5 Å². The number of carboxylic acid groups (broad SMARTS) is 4. The van der Waals surface area contributed by atoms with Gasteiger partial charge < -0.3 is 69.6 Å². The number of aromatic nitrogens is 2. The predicted octanol–water partition coefficient (Wildman–Crippen LogP) is 4.70. The first kappa shape index (κ1) is 61.9. The number of hydrogen-bond donors (Lipinski definition) is 6. The summed E-state index contributed by atoms with van der Waals surface area (Å²) in [6.07, 6.45) is -0.156. The Morgan fingerprint density at radius 1 is 0.578 bits per heavy atom. The smallest absolute Gasteiger partial charge is 0.409 e. The fourth-order valence-corrected chi connectivity index (χ4v) is 9.66. The summed E-state index contributed by atoms with van der Waals surface area (Å²) in [7, 11) is 0. The third-order valence-corrected chi connectivity index (χ3v) is 14.7. The Hall–Kier alpha value is -8.69. The van der Waals surface area contributed by atoms with Crippen LogP contribution in [0.15, 0.2) is 42.5 Å². The van der Waals surface area contributed by atoms with Crippen molar-refractivity contribution in [1.82, 2.24) is 40.2 Å². The number of aliphatic carboxylic acids is 4. The number of halogens is 3. The lowest BCUT2D eigenvalue weighted by Crippen LogP contribution is -2.56. The number of hydrogen-bond acceptors (Lipinski definition) is 16. The van der Waals surface area contributed by atoms with Crippen molar-refractivity contribution >= 4 is 93.1 Å². The van der Waals surface area contributed by atoms with Crippen LogP contribution in [0.1, 0.15) is 99.0 Å². The van der Waals surface area contributed by atoms with E-state index in [1.54, 1.807) is 13.8 Å². The monoisotopic (exact) mass is 1180 g/mol. The van der Waals surface area contributed by atoms with Gasteiger partial charge in [-0.3, -0.25) is 28.8 Å². The molecule has 2 unspecified atom stereocenters. The van der Waals surface area contributed by atoms with Crippen LogP contribution in [-0.4, -0.2) is 199 Å². The van der Waals surface area contributed by atoms with Crippen molar-refractivity contribution in [2.45, 2.75) is 101 Å². The number of carboxylic acids is 4. The Morgan fingerprint density at radius 2 is 0.976 bits per heavy atom. The molecule has 29 heteroatoms. The van der Waals surface area contributed by atoms with Crippen LogP contribution in [-0.2, 0) is 38.2 Å². The molecular weight excluding hydrogens is 1120 g/mol. The number of nitrogens with zero attached hydrogens (tertiary/aromatic N) is 6. The largest absolute Gasteiger partial charge is 0.481 e. The van der Waals surface area contributed by atoms with Gasteiger partial charge in [-0.2, -0.15) is 0 Å². The zero-order valence-corrected chi connectivity index (χ0v) is 45.9. The first-order valence-electron chi connectivity index (χ1n) is 26.7. The van der Waals surface area contributed by atoms with E-state index in [2.05, 4.69) is 20.6 Å². The van der Waals surface area contributed by atoms with E-state index in [-0.39, 0.29) is 154 Å². The minimum absolute atomic E-state index is 0.0485. The van der Waals surface area contributed by atoms with Crippen LogP contribution < -0.4 is 20.1 Å². The van der Waals surface area contributed by atoms with Gasteiger partial charge in [0.05, 0.1) is 29.3 Å². The van der Waals surface area contributed by atoms with E-state index in [0.717, 1.165) is 24.3 Å². The summed E-state index contributed by atoms with van der Waals surface area (Å²) in [6.45, 7) is 5.18. The van der Waals surface area contributed by atoms with Gasteiger partial charge >= 0.3 is 36.1 Å². The summed E-state index contributed by atoms with van der Waals surface area (Å²) < 4.78 is 50.1. The zero-order valence-electron chi connectivity index (χ0n) is 45.2. The van der Waals surface area contributed by atoms with Gasteiger partial charge in [0.1, 0.15) is 46.6 Å². The number of piperazine rings is 2. The topological polar surface area (TPSA) is 351 Å². The highest BCUT2D eigenvalue weighted by Gasteiger charge is 2.49. The molecule has 83 heavy (non-hydrogen) atoms. The predicted molar refractivity (Wildman–Crippen MR) is 285 cm³/mol. The lowest BCUT2D eigenvalue weighted by Gasteiger charge is -2.38. The zero-order chi connectivity index (χ0) is 60.3. The summed E-state index contributed by atoms with van der Waals surface area (Å²) in [5, 5.41) is 43.0. The van der Waals surface area contributed by atoms with Crippen LogP contribution in [0.4, 0.5) is 18.4 Å². The lowest BCUT2D eigenvalue weighted by atomic mass is 9.80. The number of carbonyl (C=O) groups is 10. The number of ether oxygens (including phenoxy) is 4. The van der Waals surface area contributed by atoms with Crippen LogP contribution in [0.25, 0.3) is 21.8 Å². The van der Waals surface area contributed by atoms with Crippen LogP contribution >= 0.6 is 11.6 Å². The number of fused-ring (bicyclic) bond motifs is 2. The summed E-state index contributed by atoms with van der Waals surface area (Å²) in [5.74, 6) is -9.06. The first-order chi connectivity index (χ1) is 39.5. The number of rotatable bonds is 20. The van der Waals surface area contributed by atoms with Gasteiger partial charge in [-0.1, -0.05) is 11.6 Å². The first-order valence-corrected chi connectivity index (χ1v) is 27.1. The quantitative estimate of drug-likeness (QED) is 0.0698. The summed E-state index contributed by atoms with van der Waals surface area (Å²) >= 11 is 5.94. The molecule has 26 nitrogen and oxygen atoms in total. The maximum atomic E-state index is 14.3. The van der Waals surface area contributed by atoms with Crippen molar-refractivity contribution in [3.05, 3.63) is 70.5 Å². The average Bonchev–Trinajstić information content (AvgIpc) is 3.54. The minimum Gasteiger partial charge on any atom is -0.481 e. The Balaban J connectivity index is 0.000000239.